The van der Waals surface area contributed by atoms with Crippen LogP contribution in [0, 0.1) is 17.0 Å². The minimum Gasteiger partial charge on any atom is -0.619 e. The lowest BCUT2D eigenvalue weighted by molar-refractivity contribution is -0.605. The molecule has 3 aliphatic heterocycles. The van der Waals surface area contributed by atoms with Crippen LogP contribution in [0.2, 0.25) is 10.0 Å². The van der Waals surface area contributed by atoms with Crippen LogP contribution in [-0.2, 0) is 35.5 Å². The van der Waals surface area contributed by atoms with Crippen molar-refractivity contribution in [2.75, 3.05) is 32.8 Å². The molecule has 3 aromatic carbocycles. The molecule has 330 valence electrons. The molecule has 1 aliphatic carbocycles. The number of carbonyl (C=O) groups excluding carboxylic acids is 3. The highest BCUT2D eigenvalue weighted by atomic mass is 35.5. The summed E-state index contributed by atoms with van der Waals surface area (Å²) in [5, 5.41) is 14.5. The summed E-state index contributed by atoms with van der Waals surface area (Å²) in [4.78, 5) is 42.2. The van der Waals surface area contributed by atoms with Crippen molar-refractivity contribution < 1.29 is 55.3 Å². The van der Waals surface area contributed by atoms with Crippen LogP contribution in [0.1, 0.15) is 71.3 Å². The monoisotopic (exact) mass is 916 g/mol. The molecular weight excluding hydrogens is 873 g/mol. The molecule has 4 aliphatic rings. The average molecular weight is 918 g/mol. The molecule has 8 rings (SSSR count). The molecule has 2 unspecified atom stereocenters. The van der Waals surface area contributed by atoms with Crippen molar-refractivity contribution in [3.8, 4) is 11.5 Å². The van der Waals surface area contributed by atoms with Crippen LogP contribution in [-0.4, -0.2) is 76.7 Å². The Hall–Kier alpha value is -5.07. The first-order valence-electron chi connectivity index (χ1n) is 20.1. The number of fused-ring (bicyclic) bond motifs is 3. The van der Waals surface area contributed by atoms with Crippen LogP contribution in [0.3, 0.4) is 0 Å². The summed E-state index contributed by atoms with van der Waals surface area (Å²) in [6, 6.07) is 16.3. The lowest BCUT2D eigenvalue weighted by atomic mass is 9.86. The Balaban J connectivity index is 1.01. The maximum atomic E-state index is 13.8. The molecule has 19 heteroatoms. The van der Waals surface area contributed by atoms with Gasteiger partial charge in [-0.25, -0.2) is 13.2 Å². The number of rotatable bonds is 19. The first-order chi connectivity index (χ1) is 29.7. The third kappa shape index (κ3) is 11.7. The normalized spacial score (nSPS) is 19.3. The molecule has 2 N–H and O–H groups in total. The van der Waals surface area contributed by atoms with Gasteiger partial charge in [0.1, 0.15) is 28.3 Å². The zero-order valence-electron chi connectivity index (χ0n) is 33.2. The van der Waals surface area contributed by atoms with Gasteiger partial charge in [-0.1, -0.05) is 65.7 Å². The molecular formula is C43H44Cl2F2N4O10S. The third-order valence-corrected chi connectivity index (χ3v) is 13.0. The number of alkyl halides is 2. The number of ether oxygens (including phenoxy) is 4. The van der Waals surface area contributed by atoms with E-state index in [1.165, 1.54) is 36.4 Å². The fourth-order valence-electron chi connectivity index (χ4n) is 7.45. The van der Waals surface area contributed by atoms with E-state index in [0.29, 0.717) is 22.4 Å². The highest BCUT2D eigenvalue weighted by Crippen LogP contribution is 2.38. The molecule has 1 aromatic heterocycles. The molecule has 4 heterocycles. The van der Waals surface area contributed by atoms with Gasteiger partial charge in [0.05, 0.1) is 17.9 Å². The summed E-state index contributed by atoms with van der Waals surface area (Å²) in [5.41, 5.74) is 0.926. The number of sulfonamides is 1. The van der Waals surface area contributed by atoms with E-state index < -0.39 is 46.6 Å². The van der Waals surface area contributed by atoms with Crippen molar-refractivity contribution in [2.24, 2.45) is 11.8 Å². The summed E-state index contributed by atoms with van der Waals surface area (Å²) >= 11 is 12.7. The van der Waals surface area contributed by atoms with Gasteiger partial charge in [-0.2, -0.15) is 18.2 Å². The van der Waals surface area contributed by atoms with Gasteiger partial charge in [0.2, 0.25) is 10.0 Å². The SMILES string of the molecule is O=C(CCNC(=O)c1cccc(S(=O)(=O)NC(C(=O)O[C@H]2CN3CCC2CC3)c2ccccc2)c1)OC(Cc1c(Cl)c[n+]([O-])cc1Cl)c1ccc(OC(F)F)c(OCC2CC2)c1. The highest BCUT2D eigenvalue weighted by molar-refractivity contribution is 7.89. The van der Waals surface area contributed by atoms with E-state index in [9.17, 15) is 36.8 Å². The molecule has 1 amide bonds. The van der Waals surface area contributed by atoms with Gasteiger partial charge in [0.15, 0.2) is 23.9 Å². The standard InChI is InChI=1S/C43H44Cl2F2N4O10S/c44-33-22-51(55)23-34(45)32(33)21-36(29-11-12-35(61-43(46)47)37(20-29)58-25-26-9-10-26)59-39(52)13-16-48-41(53)30-7-4-8-31(19-30)62(56,57)49-40(28-5-2-1-3-6-28)42(54)60-38-24-50-17-14-27(38)15-18-50/h1-8,11-12,19-20,22-23,26-27,36,38,40,43,49H,9-10,13-18,21,24-25H2,(H,48,53)/t36?,38-,40?/m0/s1. The minimum atomic E-state index is -4.39. The number of benzene rings is 3. The number of carbonyl (C=O) groups is 3. The molecule has 4 fully saturated rings. The van der Waals surface area contributed by atoms with E-state index in [1.807, 2.05) is 0 Å². The van der Waals surface area contributed by atoms with Crippen LogP contribution in [0.5, 0.6) is 11.5 Å². The summed E-state index contributed by atoms with van der Waals surface area (Å²) in [7, 11) is -4.39. The maximum absolute atomic E-state index is 13.8. The predicted molar refractivity (Wildman–Crippen MR) is 221 cm³/mol. The number of hydrogen-bond acceptors (Lipinski definition) is 11. The van der Waals surface area contributed by atoms with Crippen molar-refractivity contribution in [2.45, 2.75) is 68.3 Å². The minimum absolute atomic E-state index is 0.00471. The fourth-order valence-corrected chi connectivity index (χ4v) is 9.26. The Morgan fingerprint density at radius 1 is 0.903 bits per heavy atom. The second-order valence-corrected chi connectivity index (χ2v) is 18.0. The van der Waals surface area contributed by atoms with Crippen molar-refractivity contribution in [3.63, 3.8) is 0 Å². The molecule has 1 saturated carbocycles. The Morgan fingerprint density at radius 2 is 1.63 bits per heavy atom. The first-order valence-corrected chi connectivity index (χ1v) is 22.3. The number of hydrogen-bond donors (Lipinski definition) is 2. The van der Waals surface area contributed by atoms with E-state index in [1.54, 1.807) is 30.3 Å². The second-order valence-electron chi connectivity index (χ2n) is 15.4. The lowest BCUT2D eigenvalue weighted by Crippen LogP contribution is -2.52. The van der Waals surface area contributed by atoms with Gasteiger partial charge >= 0.3 is 18.6 Å². The molecule has 0 spiro atoms. The first kappa shape index (κ1) is 45.0. The van der Waals surface area contributed by atoms with E-state index in [-0.39, 0.29) is 81.5 Å². The van der Waals surface area contributed by atoms with Crippen molar-refractivity contribution >= 4 is 51.1 Å². The molecule has 3 saturated heterocycles. The summed E-state index contributed by atoms with van der Waals surface area (Å²) in [5.74, 6) is -1.95. The topological polar surface area (TPSA) is 177 Å². The molecule has 2 bridgehead atoms. The smallest absolute Gasteiger partial charge is 0.387 e. The Labute approximate surface area is 367 Å². The van der Waals surface area contributed by atoms with Gasteiger partial charge in [0, 0.05) is 30.6 Å². The van der Waals surface area contributed by atoms with Gasteiger partial charge < -0.3 is 29.5 Å². The van der Waals surface area contributed by atoms with Gasteiger partial charge in [0.25, 0.3) is 5.91 Å². The van der Waals surface area contributed by atoms with Gasteiger partial charge in [-0.3, -0.25) is 14.5 Å². The highest BCUT2D eigenvalue weighted by Gasteiger charge is 2.39. The van der Waals surface area contributed by atoms with Crippen molar-refractivity contribution in [1.29, 1.82) is 0 Å². The quantitative estimate of drug-likeness (QED) is 0.0612. The Morgan fingerprint density at radius 3 is 2.29 bits per heavy atom. The maximum Gasteiger partial charge on any atom is 0.387 e. The number of amides is 1. The summed E-state index contributed by atoms with van der Waals surface area (Å²) in [6.07, 6.45) is 3.85. The van der Waals surface area contributed by atoms with E-state index in [2.05, 4.69) is 19.7 Å². The molecule has 4 aromatic rings. The number of piperidine rings is 3. The number of nitrogens with one attached hydrogen (secondary N) is 2. The summed E-state index contributed by atoms with van der Waals surface area (Å²) < 4.78 is 79.2. The van der Waals surface area contributed by atoms with Crippen LogP contribution in [0.15, 0.2) is 90.1 Å². The third-order valence-electron chi connectivity index (χ3n) is 11.0. The van der Waals surface area contributed by atoms with E-state index in [0.717, 1.165) is 57.2 Å². The van der Waals surface area contributed by atoms with Crippen LogP contribution in [0.25, 0.3) is 0 Å². The largest absolute Gasteiger partial charge is 0.619 e. The Bertz CT molecular complexity index is 2350. The number of aromatic nitrogens is 1. The van der Waals surface area contributed by atoms with Crippen LogP contribution >= 0.6 is 23.2 Å². The van der Waals surface area contributed by atoms with Gasteiger partial charge in [-0.15, -0.1) is 0 Å². The average Bonchev–Trinajstić information content (AvgIpc) is 4.09. The zero-order chi connectivity index (χ0) is 44.0. The Kier molecular flexibility index (Phi) is 14.5. The van der Waals surface area contributed by atoms with Gasteiger partial charge in [-0.05, 0) is 92.1 Å². The van der Waals surface area contributed by atoms with E-state index >= 15 is 0 Å². The number of halogens is 4. The van der Waals surface area contributed by atoms with E-state index in [4.69, 9.17) is 37.4 Å². The number of esters is 2. The van der Waals surface area contributed by atoms with Crippen molar-refractivity contribution in [1.82, 2.24) is 14.9 Å². The predicted octanol–water partition coefficient (Wildman–Crippen LogP) is 6.32. The van der Waals surface area contributed by atoms with Crippen LogP contribution < -0.4 is 24.2 Å². The fraction of sp³-hybridized carbons (Fsp3) is 0.395. The lowest BCUT2D eigenvalue weighted by Gasteiger charge is -2.44. The number of pyridine rings is 1. The number of nitrogens with zero attached hydrogens (tertiary/aromatic N) is 2. The molecule has 3 atom stereocenters. The molecule has 14 nitrogen and oxygen atoms in total. The molecule has 62 heavy (non-hydrogen) atoms. The van der Waals surface area contributed by atoms with Crippen molar-refractivity contribution in [3.05, 3.63) is 123 Å². The summed E-state index contributed by atoms with van der Waals surface area (Å²) in [6.45, 7) is -0.635. The zero-order valence-corrected chi connectivity index (χ0v) is 35.6. The second kappa shape index (κ2) is 20.0. The molecule has 0 radical (unpaired) electrons. The van der Waals surface area contributed by atoms with Crippen LogP contribution in [0.4, 0.5) is 8.78 Å².